The first-order chi connectivity index (χ1) is 14.2. The molecule has 0 atom stereocenters. The highest BCUT2D eigenvalue weighted by atomic mass is 32.2. The van der Waals surface area contributed by atoms with E-state index in [1.807, 2.05) is 79.7 Å². The zero-order valence-corrected chi connectivity index (χ0v) is 16.8. The number of carbonyl (C=O) groups is 1. The van der Waals surface area contributed by atoms with Gasteiger partial charge in [-0.25, -0.2) is 4.99 Å². The van der Waals surface area contributed by atoms with E-state index in [1.54, 1.807) is 0 Å². The average molecular weight is 401 g/mol. The number of hydrogen-bond acceptors (Lipinski definition) is 4. The number of nitrogens with one attached hydrogen (secondary N) is 1. The molecule has 1 aliphatic heterocycles. The summed E-state index contributed by atoms with van der Waals surface area (Å²) < 4.78 is 5.49. The number of ether oxygens (including phenoxy) is 1. The number of benzene rings is 3. The molecule has 0 unspecified atom stereocenters. The second kappa shape index (κ2) is 8.80. The van der Waals surface area contributed by atoms with Crippen molar-refractivity contribution in [2.75, 3.05) is 6.61 Å². The van der Waals surface area contributed by atoms with Crippen LogP contribution in [0.25, 0.3) is 17.2 Å². The van der Waals surface area contributed by atoms with Crippen LogP contribution in [0.15, 0.2) is 88.8 Å². The fourth-order valence-corrected chi connectivity index (χ4v) is 3.78. The molecule has 0 aromatic heterocycles. The van der Waals surface area contributed by atoms with Crippen LogP contribution in [0.1, 0.15) is 12.5 Å². The maximum Gasteiger partial charge on any atom is 0.264 e. The van der Waals surface area contributed by atoms with Gasteiger partial charge in [-0.1, -0.05) is 54.6 Å². The third-order valence-electron chi connectivity index (χ3n) is 4.34. The van der Waals surface area contributed by atoms with Gasteiger partial charge in [0, 0.05) is 0 Å². The fraction of sp³-hybridized carbons (Fsp3) is 0.0833. The lowest BCUT2D eigenvalue weighted by Crippen LogP contribution is -2.19. The normalized spacial score (nSPS) is 16.2. The van der Waals surface area contributed by atoms with Crippen LogP contribution in [0.5, 0.6) is 5.75 Å². The molecule has 0 bridgehead atoms. The molecule has 1 saturated heterocycles. The Morgan fingerprint density at radius 1 is 0.931 bits per heavy atom. The third-order valence-corrected chi connectivity index (χ3v) is 5.25. The zero-order valence-electron chi connectivity index (χ0n) is 16.0. The molecule has 0 aliphatic carbocycles. The molecule has 5 heteroatoms. The summed E-state index contributed by atoms with van der Waals surface area (Å²) in [5.41, 5.74) is 4.03. The number of carbonyl (C=O) groups excluding carboxylic acids is 1. The average Bonchev–Trinajstić information content (AvgIpc) is 3.09. The summed E-state index contributed by atoms with van der Waals surface area (Å²) >= 11 is 1.35. The smallest absolute Gasteiger partial charge is 0.264 e. The van der Waals surface area contributed by atoms with E-state index in [1.165, 1.54) is 11.8 Å². The minimum absolute atomic E-state index is 0.125. The molecule has 1 heterocycles. The van der Waals surface area contributed by atoms with Crippen molar-refractivity contribution < 1.29 is 9.53 Å². The van der Waals surface area contributed by atoms with Crippen molar-refractivity contribution >= 4 is 34.6 Å². The molecule has 4 rings (SSSR count). The molecule has 3 aromatic carbocycles. The van der Waals surface area contributed by atoms with Gasteiger partial charge in [0.05, 0.1) is 17.2 Å². The van der Waals surface area contributed by atoms with E-state index in [0.717, 1.165) is 28.1 Å². The van der Waals surface area contributed by atoms with Gasteiger partial charge in [-0.2, -0.15) is 0 Å². The summed E-state index contributed by atoms with van der Waals surface area (Å²) in [6, 6.07) is 25.8. The number of aliphatic imine (C=N–C) groups is 1. The second-order valence-corrected chi connectivity index (χ2v) is 7.43. The Kier molecular flexibility index (Phi) is 5.77. The highest BCUT2D eigenvalue weighted by Crippen LogP contribution is 2.29. The van der Waals surface area contributed by atoms with Gasteiger partial charge >= 0.3 is 0 Å². The van der Waals surface area contributed by atoms with E-state index in [9.17, 15) is 4.79 Å². The summed E-state index contributed by atoms with van der Waals surface area (Å²) in [5.74, 6) is 0.745. The van der Waals surface area contributed by atoms with Gasteiger partial charge in [0.1, 0.15) is 5.75 Å². The predicted molar refractivity (Wildman–Crippen MR) is 120 cm³/mol. The Morgan fingerprint density at radius 3 is 2.24 bits per heavy atom. The lowest BCUT2D eigenvalue weighted by molar-refractivity contribution is -0.115. The standard InChI is InChI=1S/C24H20N2O2S/c1-2-28-21-14-12-19(13-15-21)18-10-8-17(9-11-18)16-22-23(27)26-24(29-22)25-20-6-4-3-5-7-20/h3-16H,2H2,1H3,(H,25,26,27)/b22-16+. The highest BCUT2D eigenvalue weighted by molar-refractivity contribution is 8.18. The van der Waals surface area contributed by atoms with Crippen molar-refractivity contribution in [1.29, 1.82) is 0 Å². The Morgan fingerprint density at radius 2 is 1.59 bits per heavy atom. The van der Waals surface area contributed by atoms with Gasteiger partial charge in [0.15, 0.2) is 5.17 Å². The molecule has 1 aliphatic rings. The monoisotopic (exact) mass is 400 g/mol. The van der Waals surface area contributed by atoms with E-state index in [4.69, 9.17) is 4.74 Å². The van der Waals surface area contributed by atoms with Crippen LogP contribution in [0.2, 0.25) is 0 Å². The SMILES string of the molecule is CCOc1ccc(-c2ccc(/C=C3/SC(=Nc4ccccc4)NC3=O)cc2)cc1. The number of thioether (sulfide) groups is 1. The van der Waals surface area contributed by atoms with Gasteiger partial charge in [-0.15, -0.1) is 0 Å². The molecule has 1 N–H and O–H groups in total. The summed E-state index contributed by atoms with van der Waals surface area (Å²) in [4.78, 5) is 17.4. The summed E-state index contributed by atoms with van der Waals surface area (Å²) in [6.45, 7) is 2.63. The molecule has 4 nitrogen and oxygen atoms in total. The lowest BCUT2D eigenvalue weighted by atomic mass is 10.0. The Bertz CT molecular complexity index is 1060. The minimum Gasteiger partial charge on any atom is -0.494 e. The lowest BCUT2D eigenvalue weighted by Gasteiger charge is -2.06. The second-order valence-electron chi connectivity index (χ2n) is 6.40. The highest BCUT2D eigenvalue weighted by Gasteiger charge is 2.23. The van der Waals surface area contributed by atoms with Crippen LogP contribution < -0.4 is 10.1 Å². The van der Waals surface area contributed by atoms with Crippen molar-refractivity contribution in [3.05, 3.63) is 89.3 Å². The van der Waals surface area contributed by atoms with Crippen molar-refractivity contribution in [3.63, 3.8) is 0 Å². The molecule has 144 valence electrons. The molecule has 3 aromatic rings. The predicted octanol–water partition coefficient (Wildman–Crippen LogP) is 5.64. The number of rotatable bonds is 5. The van der Waals surface area contributed by atoms with E-state index >= 15 is 0 Å². The summed E-state index contributed by atoms with van der Waals surface area (Å²) in [5, 5.41) is 3.42. The molecule has 0 saturated carbocycles. The topological polar surface area (TPSA) is 50.7 Å². The van der Waals surface area contributed by atoms with Crippen LogP contribution in [-0.4, -0.2) is 17.7 Å². The molecule has 0 spiro atoms. The number of hydrogen-bond donors (Lipinski definition) is 1. The molecule has 1 fully saturated rings. The molecule has 1 amide bonds. The Hall–Kier alpha value is -3.31. The molecule has 29 heavy (non-hydrogen) atoms. The number of nitrogens with zero attached hydrogens (tertiary/aromatic N) is 1. The van der Waals surface area contributed by atoms with Gasteiger partial charge in [0.2, 0.25) is 0 Å². The summed E-state index contributed by atoms with van der Waals surface area (Å²) in [7, 11) is 0. The van der Waals surface area contributed by atoms with E-state index in [-0.39, 0.29) is 5.91 Å². The van der Waals surface area contributed by atoms with Crippen LogP contribution >= 0.6 is 11.8 Å². The maximum atomic E-state index is 12.3. The van der Waals surface area contributed by atoms with E-state index in [0.29, 0.717) is 16.7 Å². The molecular formula is C24H20N2O2S. The van der Waals surface area contributed by atoms with Crippen LogP contribution in [-0.2, 0) is 4.79 Å². The fourth-order valence-electron chi connectivity index (χ4n) is 2.93. The first kappa shape index (κ1) is 19.0. The molecular weight excluding hydrogens is 380 g/mol. The first-order valence-electron chi connectivity index (χ1n) is 9.39. The van der Waals surface area contributed by atoms with Crippen molar-refractivity contribution in [2.45, 2.75) is 6.92 Å². The number of amidine groups is 1. The molecule has 0 radical (unpaired) electrons. The van der Waals surface area contributed by atoms with Gasteiger partial charge in [0.25, 0.3) is 5.91 Å². The van der Waals surface area contributed by atoms with Gasteiger partial charge in [-0.05, 0) is 65.7 Å². The summed E-state index contributed by atoms with van der Waals surface area (Å²) in [6.07, 6.45) is 1.88. The Labute approximate surface area is 174 Å². The van der Waals surface area contributed by atoms with E-state index in [2.05, 4.69) is 22.4 Å². The number of amides is 1. The van der Waals surface area contributed by atoms with Crippen LogP contribution in [0.4, 0.5) is 5.69 Å². The van der Waals surface area contributed by atoms with Gasteiger partial charge in [-0.3, -0.25) is 4.79 Å². The minimum atomic E-state index is -0.125. The first-order valence-corrected chi connectivity index (χ1v) is 10.2. The van der Waals surface area contributed by atoms with Crippen LogP contribution in [0.3, 0.4) is 0 Å². The van der Waals surface area contributed by atoms with Crippen molar-refractivity contribution in [1.82, 2.24) is 5.32 Å². The van der Waals surface area contributed by atoms with Crippen LogP contribution in [0, 0.1) is 0 Å². The van der Waals surface area contributed by atoms with Crippen molar-refractivity contribution in [2.24, 2.45) is 4.99 Å². The maximum absolute atomic E-state index is 12.3. The van der Waals surface area contributed by atoms with Gasteiger partial charge < -0.3 is 10.1 Å². The largest absolute Gasteiger partial charge is 0.494 e. The quantitative estimate of drug-likeness (QED) is 0.564. The third kappa shape index (κ3) is 4.76. The van der Waals surface area contributed by atoms with E-state index < -0.39 is 0 Å². The van der Waals surface area contributed by atoms with Crippen molar-refractivity contribution in [3.8, 4) is 16.9 Å². The number of para-hydroxylation sites is 1. The zero-order chi connectivity index (χ0) is 20.1. The Balaban J connectivity index is 1.48.